The van der Waals surface area contributed by atoms with E-state index >= 15 is 0 Å². The molecule has 0 radical (unpaired) electrons. The van der Waals surface area contributed by atoms with Crippen LogP contribution in [0.3, 0.4) is 0 Å². The lowest BCUT2D eigenvalue weighted by Gasteiger charge is -2.13. The van der Waals surface area contributed by atoms with Gasteiger partial charge in [-0.05, 0) is 44.0 Å². The first-order valence-electron chi connectivity index (χ1n) is 7.15. The lowest BCUT2D eigenvalue weighted by atomic mass is 10.0. The first kappa shape index (κ1) is 15.7. The number of anilines is 1. The van der Waals surface area contributed by atoms with Crippen molar-refractivity contribution < 1.29 is 18.3 Å². The van der Waals surface area contributed by atoms with E-state index in [-0.39, 0.29) is 11.7 Å². The maximum atomic E-state index is 12.2. The standard InChI is InChI=1S/C15H20F2N2O2/c16-14(17)10-21-13-4-2-1-3-12(13)19-15(20)6-5-11-7-8-18-9-11/h1-4,11,14,18H,5-10H2,(H,19,20). The molecule has 1 amide bonds. The third-order valence-electron chi connectivity index (χ3n) is 3.47. The maximum Gasteiger partial charge on any atom is 0.272 e. The highest BCUT2D eigenvalue weighted by Gasteiger charge is 2.16. The van der Waals surface area contributed by atoms with Crippen molar-refractivity contribution in [2.24, 2.45) is 5.92 Å². The molecular formula is C15H20F2N2O2. The van der Waals surface area contributed by atoms with Gasteiger partial charge < -0.3 is 15.4 Å². The zero-order valence-corrected chi connectivity index (χ0v) is 11.8. The summed E-state index contributed by atoms with van der Waals surface area (Å²) in [5.74, 6) is 0.699. The lowest BCUT2D eigenvalue weighted by molar-refractivity contribution is -0.116. The highest BCUT2D eigenvalue weighted by molar-refractivity contribution is 5.92. The molecule has 1 heterocycles. The van der Waals surface area contributed by atoms with Crippen LogP contribution in [0.25, 0.3) is 0 Å². The topological polar surface area (TPSA) is 50.4 Å². The minimum atomic E-state index is -2.54. The normalized spacial score (nSPS) is 18.0. The van der Waals surface area contributed by atoms with Gasteiger partial charge in [-0.1, -0.05) is 12.1 Å². The van der Waals surface area contributed by atoms with Crippen LogP contribution < -0.4 is 15.4 Å². The second kappa shape index (κ2) is 7.93. The van der Waals surface area contributed by atoms with Crippen LogP contribution in [0.1, 0.15) is 19.3 Å². The van der Waals surface area contributed by atoms with Crippen molar-refractivity contribution in [1.82, 2.24) is 5.32 Å². The second-order valence-electron chi connectivity index (χ2n) is 5.14. The van der Waals surface area contributed by atoms with Gasteiger partial charge in [0.2, 0.25) is 5.91 Å². The SMILES string of the molecule is O=C(CCC1CCNC1)Nc1ccccc1OCC(F)F. The van der Waals surface area contributed by atoms with Crippen molar-refractivity contribution in [2.45, 2.75) is 25.7 Å². The largest absolute Gasteiger partial charge is 0.485 e. The van der Waals surface area contributed by atoms with Crippen molar-refractivity contribution >= 4 is 11.6 Å². The Morgan fingerprint density at radius 3 is 2.95 bits per heavy atom. The van der Waals surface area contributed by atoms with Crippen LogP contribution in [0.4, 0.5) is 14.5 Å². The number of benzene rings is 1. The van der Waals surface area contributed by atoms with Crippen molar-refractivity contribution in [3.63, 3.8) is 0 Å². The molecule has 1 aliphatic heterocycles. The summed E-state index contributed by atoms with van der Waals surface area (Å²) < 4.78 is 29.4. The van der Waals surface area contributed by atoms with E-state index in [1.165, 1.54) is 0 Å². The Morgan fingerprint density at radius 2 is 2.24 bits per heavy atom. The number of ether oxygens (including phenoxy) is 1. The molecule has 2 rings (SSSR count). The lowest BCUT2D eigenvalue weighted by Crippen LogP contribution is -2.16. The van der Waals surface area contributed by atoms with Crippen molar-refractivity contribution in [2.75, 3.05) is 25.0 Å². The average molecular weight is 298 g/mol. The highest BCUT2D eigenvalue weighted by Crippen LogP contribution is 2.25. The molecule has 1 aliphatic rings. The van der Waals surface area contributed by atoms with Gasteiger partial charge in [-0.15, -0.1) is 0 Å². The van der Waals surface area contributed by atoms with E-state index in [1.807, 2.05) is 0 Å². The number of hydrogen-bond acceptors (Lipinski definition) is 3. The Bertz CT molecular complexity index is 463. The van der Waals surface area contributed by atoms with Gasteiger partial charge in [0.15, 0.2) is 0 Å². The van der Waals surface area contributed by atoms with E-state index in [4.69, 9.17) is 4.74 Å². The average Bonchev–Trinajstić information content (AvgIpc) is 2.97. The van der Waals surface area contributed by atoms with Crippen LogP contribution in [-0.4, -0.2) is 32.0 Å². The highest BCUT2D eigenvalue weighted by atomic mass is 19.3. The second-order valence-corrected chi connectivity index (χ2v) is 5.14. The number of rotatable bonds is 7. The van der Waals surface area contributed by atoms with E-state index in [9.17, 15) is 13.6 Å². The molecule has 6 heteroatoms. The fraction of sp³-hybridized carbons (Fsp3) is 0.533. The third kappa shape index (κ3) is 5.30. The first-order chi connectivity index (χ1) is 10.1. The first-order valence-corrected chi connectivity index (χ1v) is 7.15. The van der Waals surface area contributed by atoms with E-state index in [0.29, 0.717) is 18.0 Å². The van der Waals surface area contributed by atoms with Crippen molar-refractivity contribution in [1.29, 1.82) is 0 Å². The Morgan fingerprint density at radius 1 is 1.43 bits per heavy atom. The Kier molecular flexibility index (Phi) is 5.92. The Balaban J connectivity index is 1.84. The van der Waals surface area contributed by atoms with Gasteiger partial charge >= 0.3 is 0 Å². The molecule has 0 aromatic heterocycles. The van der Waals surface area contributed by atoms with Gasteiger partial charge in [0.05, 0.1) is 5.69 Å². The molecule has 4 nitrogen and oxygen atoms in total. The number of halogens is 2. The summed E-state index contributed by atoms with van der Waals surface area (Å²) in [6.07, 6.45) is -0.181. The molecule has 116 valence electrons. The van der Waals surface area contributed by atoms with E-state index in [0.717, 1.165) is 25.9 Å². The van der Waals surface area contributed by atoms with Gasteiger partial charge in [0.1, 0.15) is 12.4 Å². The van der Waals surface area contributed by atoms with Crippen LogP contribution in [0.5, 0.6) is 5.75 Å². The van der Waals surface area contributed by atoms with Gasteiger partial charge in [-0.2, -0.15) is 0 Å². The zero-order chi connectivity index (χ0) is 15.1. The Hall–Kier alpha value is -1.69. The minimum Gasteiger partial charge on any atom is -0.485 e. The van der Waals surface area contributed by atoms with Crippen LogP contribution in [0.15, 0.2) is 24.3 Å². The summed E-state index contributed by atoms with van der Waals surface area (Å²) in [4.78, 5) is 11.9. The molecule has 1 aromatic rings. The van der Waals surface area contributed by atoms with Gasteiger partial charge in [-0.25, -0.2) is 8.78 Å². The predicted molar refractivity (Wildman–Crippen MR) is 76.8 cm³/mol. The van der Waals surface area contributed by atoms with Crippen LogP contribution >= 0.6 is 0 Å². The monoisotopic (exact) mass is 298 g/mol. The predicted octanol–water partition coefficient (Wildman–Crippen LogP) is 2.66. The molecule has 1 fully saturated rings. The summed E-state index contributed by atoms with van der Waals surface area (Å²) in [5, 5.41) is 5.99. The molecular weight excluding hydrogens is 278 g/mol. The zero-order valence-electron chi connectivity index (χ0n) is 11.8. The minimum absolute atomic E-state index is 0.116. The number of carbonyl (C=O) groups excluding carboxylic acids is 1. The Labute approximate surface area is 122 Å². The smallest absolute Gasteiger partial charge is 0.272 e. The molecule has 1 aromatic carbocycles. The number of nitrogens with one attached hydrogen (secondary N) is 2. The number of para-hydroxylation sites is 2. The van der Waals surface area contributed by atoms with Crippen LogP contribution in [0, 0.1) is 5.92 Å². The summed E-state index contributed by atoms with van der Waals surface area (Å²) in [6, 6.07) is 6.63. The quantitative estimate of drug-likeness (QED) is 0.813. The van der Waals surface area contributed by atoms with Gasteiger partial charge in [-0.3, -0.25) is 4.79 Å². The van der Waals surface area contributed by atoms with Gasteiger partial charge in [0, 0.05) is 6.42 Å². The van der Waals surface area contributed by atoms with Crippen LogP contribution in [0.2, 0.25) is 0 Å². The number of hydrogen-bond donors (Lipinski definition) is 2. The summed E-state index contributed by atoms with van der Waals surface area (Å²) in [6.45, 7) is 1.29. The molecule has 0 saturated carbocycles. The molecule has 21 heavy (non-hydrogen) atoms. The molecule has 1 saturated heterocycles. The van der Waals surface area contributed by atoms with Crippen LogP contribution in [-0.2, 0) is 4.79 Å². The van der Waals surface area contributed by atoms with E-state index < -0.39 is 13.0 Å². The van der Waals surface area contributed by atoms with E-state index in [1.54, 1.807) is 24.3 Å². The van der Waals surface area contributed by atoms with Crippen molar-refractivity contribution in [3.05, 3.63) is 24.3 Å². The molecule has 1 atom stereocenters. The molecule has 0 bridgehead atoms. The number of carbonyl (C=O) groups is 1. The fourth-order valence-corrected chi connectivity index (χ4v) is 2.36. The fourth-order valence-electron chi connectivity index (χ4n) is 2.36. The molecule has 2 N–H and O–H groups in total. The number of alkyl halides is 2. The maximum absolute atomic E-state index is 12.2. The van der Waals surface area contributed by atoms with E-state index in [2.05, 4.69) is 10.6 Å². The van der Waals surface area contributed by atoms with Gasteiger partial charge in [0.25, 0.3) is 6.43 Å². The summed E-state index contributed by atoms with van der Waals surface area (Å²) >= 11 is 0. The van der Waals surface area contributed by atoms with Crippen molar-refractivity contribution in [3.8, 4) is 5.75 Å². The summed E-state index contributed by atoms with van der Waals surface area (Å²) in [5.41, 5.74) is 0.438. The summed E-state index contributed by atoms with van der Waals surface area (Å²) in [7, 11) is 0. The third-order valence-corrected chi connectivity index (χ3v) is 3.47. The molecule has 0 spiro atoms. The number of amides is 1. The molecule has 1 unspecified atom stereocenters. The molecule has 0 aliphatic carbocycles.